The van der Waals surface area contributed by atoms with Gasteiger partial charge in [-0.1, -0.05) is 0 Å². The van der Waals surface area contributed by atoms with Crippen LogP contribution in [0.15, 0.2) is 0 Å². The van der Waals surface area contributed by atoms with Gasteiger partial charge in [0.15, 0.2) is 0 Å². The van der Waals surface area contributed by atoms with Crippen LogP contribution in [0.2, 0.25) is 0 Å². The second kappa shape index (κ2) is 5.04. The van der Waals surface area contributed by atoms with Crippen LogP contribution in [0.1, 0.15) is 43.0 Å². The third-order valence-corrected chi connectivity index (χ3v) is 4.01. The van der Waals surface area contributed by atoms with Gasteiger partial charge in [0, 0.05) is 37.9 Å². The Morgan fingerprint density at radius 3 is 2.80 bits per heavy atom. The highest BCUT2D eigenvalue weighted by atomic mass is 19.4. The van der Waals surface area contributed by atoms with E-state index in [1.165, 1.54) is 4.57 Å². The molecular formula is C13H18F3N3O. The number of alkyl halides is 3. The van der Waals surface area contributed by atoms with Gasteiger partial charge in [0.05, 0.1) is 11.8 Å². The van der Waals surface area contributed by atoms with E-state index >= 15 is 0 Å². The molecule has 0 aromatic carbocycles. The van der Waals surface area contributed by atoms with Gasteiger partial charge < -0.3 is 14.6 Å². The zero-order valence-electron chi connectivity index (χ0n) is 11.3. The molecule has 0 unspecified atom stereocenters. The van der Waals surface area contributed by atoms with Gasteiger partial charge >= 0.3 is 6.18 Å². The molecule has 1 aliphatic heterocycles. The highest BCUT2D eigenvalue weighted by Crippen LogP contribution is 2.41. The fraction of sp³-hybridized carbons (Fsp3) is 0.769. The predicted molar refractivity (Wildman–Crippen MR) is 66.3 cm³/mol. The number of hydrogen-bond acceptors (Lipinski definition) is 3. The van der Waals surface area contributed by atoms with E-state index in [2.05, 4.69) is 10.3 Å². The topological polar surface area (TPSA) is 39.1 Å². The zero-order valence-corrected chi connectivity index (χ0v) is 11.3. The Balaban J connectivity index is 1.90. The van der Waals surface area contributed by atoms with Crippen LogP contribution >= 0.6 is 0 Å². The maximum Gasteiger partial charge on any atom is 0.449 e. The zero-order chi connectivity index (χ0) is 14.3. The van der Waals surface area contributed by atoms with Crippen LogP contribution in [-0.2, 0) is 23.9 Å². The van der Waals surface area contributed by atoms with Crippen molar-refractivity contribution in [2.24, 2.45) is 0 Å². The van der Waals surface area contributed by atoms with Gasteiger partial charge in [-0.15, -0.1) is 0 Å². The molecule has 0 atom stereocenters. The van der Waals surface area contributed by atoms with E-state index in [4.69, 9.17) is 4.74 Å². The number of rotatable bonds is 3. The third kappa shape index (κ3) is 2.33. The molecule has 7 heteroatoms. The van der Waals surface area contributed by atoms with Crippen molar-refractivity contribution in [3.63, 3.8) is 0 Å². The van der Waals surface area contributed by atoms with Crippen LogP contribution in [0, 0.1) is 0 Å². The lowest BCUT2D eigenvalue weighted by Gasteiger charge is -2.38. The number of halogens is 3. The number of ether oxygens (including phenoxy) is 1. The van der Waals surface area contributed by atoms with Crippen molar-refractivity contribution < 1.29 is 17.9 Å². The van der Waals surface area contributed by atoms with Crippen LogP contribution < -0.4 is 5.32 Å². The van der Waals surface area contributed by atoms with E-state index in [1.54, 1.807) is 0 Å². The summed E-state index contributed by atoms with van der Waals surface area (Å²) >= 11 is 0. The standard InChI is InChI=1S/C13H18F3N3O/c1-2-20-9-5-8(6-9)19-11-3-4-17-7-10(11)18-12(19)13(14,15)16/h8-9,17H,2-7H2,1H3. The first-order valence-corrected chi connectivity index (χ1v) is 7.00. The van der Waals surface area contributed by atoms with Gasteiger partial charge in [0.25, 0.3) is 0 Å². The van der Waals surface area contributed by atoms with Crippen LogP contribution in [-0.4, -0.2) is 28.8 Å². The number of imidazole rings is 1. The predicted octanol–water partition coefficient (Wildman–Crippen LogP) is 2.29. The molecule has 1 fully saturated rings. The molecule has 1 N–H and O–H groups in total. The summed E-state index contributed by atoms with van der Waals surface area (Å²) in [4.78, 5) is 3.83. The quantitative estimate of drug-likeness (QED) is 0.928. The summed E-state index contributed by atoms with van der Waals surface area (Å²) in [7, 11) is 0. The summed E-state index contributed by atoms with van der Waals surface area (Å²) in [5, 5.41) is 3.07. The number of nitrogens with one attached hydrogen (secondary N) is 1. The molecule has 0 bridgehead atoms. The van der Waals surface area contributed by atoms with Crippen molar-refractivity contribution in [1.29, 1.82) is 0 Å². The largest absolute Gasteiger partial charge is 0.449 e. The van der Waals surface area contributed by atoms with Gasteiger partial charge in [-0.3, -0.25) is 0 Å². The van der Waals surface area contributed by atoms with Crippen molar-refractivity contribution in [3.8, 4) is 0 Å². The summed E-state index contributed by atoms with van der Waals surface area (Å²) in [6.07, 6.45) is -2.41. The first kappa shape index (κ1) is 13.9. The Hall–Kier alpha value is -1.08. The van der Waals surface area contributed by atoms with Crippen molar-refractivity contribution in [1.82, 2.24) is 14.9 Å². The molecular weight excluding hydrogens is 271 g/mol. The van der Waals surface area contributed by atoms with Gasteiger partial charge in [-0.2, -0.15) is 13.2 Å². The SMILES string of the molecule is CCOC1CC(n2c(C(F)(F)F)nc3c2CCNC3)C1. The van der Waals surface area contributed by atoms with Gasteiger partial charge in [-0.05, 0) is 19.8 Å². The minimum absolute atomic E-state index is 0.0887. The Labute approximate surface area is 115 Å². The molecule has 1 aliphatic carbocycles. The average Bonchev–Trinajstić information content (AvgIpc) is 2.72. The van der Waals surface area contributed by atoms with Crippen LogP contribution in [0.4, 0.5) is 13.2 Å². The Morgan fingerprint density at radius 2 is 2.15 bits per heavy atom. The fourth-order valence-electron chi connectivity index (χ4n) is 3.05. The van der Waals surface area contributed by atoms with E-state index < -0.39 is 12.0 Å². The lowest BCUT2D eigenvalue weighted by atomic mass is 9.88. The monoisotopic (exact) mass is 289 g/mol. The van der Waals surface area contributed by atoms with Gasteiger partial charge in [0.1, 0.15) is 0 Å². The van der Waals surface area contributed by atoms with Crippen LogP contribution in [0.25, 0.3) is 0 Å². The average molecular weight is 289 g/mol. The first-order valence-electron chi connectivity index (χ1n) is 7.00. The molecule has 1 aromatic heterocycles. The molecule has 0 saturated heterocycles. The number of aromatic nitrogens is 2. The fourth-order valence-corrected chi connectivity index (χ4v) is 3.05. The molecule has 2 aliphatic rings. The van der Waals surface area contributed by atoms with E-state index in [-0.39, 0.29) is 12.1 Å². The summed E-state index contributed by atoms with van der Waals surface area (Å²) < 4.78 is 46.4. The van der Waals surface area contributed by atoms with E-state index in [0.717, 1.165) is 5.69 Å². The minimum Gasteiger partial charge on any atom is -0.378 e. The second-order valence-electron chi connectivity index (χ2n) is 5.33. The Kier molecular flexibility index (Phi) is 3.50. The number of nitrogens with zero attached hydrogens (tertiary/aromatic N) is 2. The molecule has 112 valence electrons. The van der Waals surface area contributed by atoms with Crippen molar-refractivity contribution in [2.75, 3.05) is 13.2 Å². The molecule has 0 amide bonds. The van der Waals surface area contributed by atoms with Crippen molar-refractivity contribution >= 4 is 0 Å². The molecule has 0 spiro atoms. The number of hydrogen-bond donors (Lipinski definition) is 1. The molecule has 0 radical (unpaired) electrons. The maximum absolute atomic E-state index is 13.2. The van der Waals surface area contributed by atoms with Crippen molar-refractivity contribution in [3.05, 3.63) is 17.2 Å². The normalized spacial score (nSPS) is 26.2. The van der Waals surface area contributed by atoms with Gasteiger partial charge in [-0.25, -0.2) is 4.98 Å². The molecule has 4 nitrogen and oxygen atoms in total. The van der Waals surface area contributed by atoms with Gasteiger partial charge in [0.2, 0.25) is 5.82 Å². The molecule has 2 heterocycles. The minimum atomic E-state index is -4.39. The van der Waals surface area contributed by atoms with Crippen LogP contribution in [0.5, 0.6) is 0 Å². The molecule has 1 aromatic rings. The summed E-state index contributed by atoms with van der Waals surface area (Å²) in [6, 6.07) is -0.127. The molecule has 3 rings (SSSR count). The highest BCUT2D eigenvalue weighted by molar-refractivity contribution is 5.23. The third-order valence-electron chi connectivity index (χ3n) is 4.01. The number of fused-ring (bicyclic) bond motifs is 1. The molecule has 20 heavy (non-hydrogen) atoms. The van der Waals surface area contributed by atoms with E-state index in [1.807, 2.05) is 6.92 Å². The summed E-state index contributed by atoms with van der Waals surface area (Å²) in [5.41, 5.74) is 1.29. The lowest BCUT2D eigenvalue weighted by Crippen LogP contribution is -2.37. The van der Waals surface area contributed by atoms with Crippen molar-refractivity contribution in [2.45, 2.75) is 51.1 Å². The highest BCUT2D eigenvalue weighted by Gasteiger charge is 2.43. The Bertz CT molecular complexity index is 492. The Morgan fingerprint density at radius 1 is 1.40 bits per heavy atom. The second-order valence-corrected chi connectivity index (χ2v) is 5.33. The molecule has 1 saturated carbocycles. The summed E-state index contributed by atoms with van der Waals surface area (Å²) in [5.74, 6) is -0.744. The van der Waals surface area contributed by atoms with Crippen LogP contribution in [0.3, 0.4) is 0 Å². The summed E-state index contributed by atoms with van der Waals surface area (Å²) in [6.45, 7) is 3.64. The van der Waals surface area contributed by atoms with E-state index in [0.29, 0.717) is 44.7 Å². The van der Waals surface area contributed by atoms with E-state index in [9.17, 15) is 13.2 Å². The smallest absolute Gasteiger partial charge is 0.378 e. The maximum atomic E-state index is 13.2. The first-order chi connectivity index (χ1) is 9.50. The lowest BCUT2D eigenvalue weighted by molar-refractivity contribution is -0.150.